The minimum Gasteiger partial charge on any atom is -0.339 e. The van der Waals surface area contributed by atoms with Crippen molar-refractivity contribution in [3.8, 4) is 0 Å². The predicted molar refractivity (Wildman–Crippen MR) is 109 cm³/mol. The van der Waals surface area contributed by atoms with Crippen molar-refractivity contribution in [2.45, 2.75) is 37.5 Å². The largest absolute Gasteiger partial charge is 0.339 e. The van der Waals surface area contributed by atoms with E-state index < -0.39 is 10.0 Å². The minimum absolute atomic E-state index is 0.0163. The maximum atomic E-state index is 12.5. The SMILES string of the molecule is CC(C)c1ccc(S(=O)(=O)NCC2CCN(C(=O)c3cccnc3)CC2)cc1. The summed E-state index contributed by atoms with van der Waals surface area (Å²) in [5.74, 6) is 0.573. The Kier molecular flexibility index (Phi) is 6.46. The van der Waals surface area contributed by atoms with Crippen molar-refractivity contribution in [2.75, 3.05) is 19.6 Å². The van der Waals surface area contributed by atoms with Gasteiger partial charge in [-0.15, -0.1) is 0 Å². The first-order valence-corrected chi connectivity index (χ1v) is 11.1. The van der Waals surface area contributed by atoms with Crippen LogP contribution in [0.4, 0.5) is 0 Å². The van der Waals surface area contributed by atoms with Gasteiger partial charge in [0.2, 0.25) is 10.0 Å². The van der Waals surface area contributed by atoms with Crippen LogP contribution in [0.5, 0.6) is 0 Å². The first-order valence-electron chi connectivity index (χ1n) is 9.66. The lowest BCUT2D eigenvalue weighted by Crippen LogP contribution is -2.41. The van der Waals surface area contributed by atoms with Gasteiger partial charge in [0, 0.05) is 32.0 Å². The van der Waals surface area contributed by atoms with E-state index in [0.717, 1.165) is 18.4 Å². The number of hydrogen-bond donors (Lipinski definition) is 1. The topological polar surface area (TPSA) is 79.4 Å². The monoisotopic (exact) mass is 401 g/mol. The molecule has 1 aromatic heterocycles. The zero-order chi connectivity index (χ0) is 20.1. The summed E-state index contributed by atoms with van der Waals surface area (Å²) in [5.41, 5.74) is 1.70. The molecule has 6 nitrogen and oxygen atoms in total. The molecule has 2 heterocycles. The van der Waals surface area contributed by atoms with Crippen molar-refractivity contribution in [3.63, 3.8) is 0 Å². The second-order valence-corrected chi connectivity index (χ2v) is 9.32. The second kappa shape index (κ2) is 8.84. The molecule has 3 rings (SSSR count). The third kappa shape index (κ3) is 4.97. The lowest BCUT2D eigenvalue weighted by atomic mass is 9.97. The molecule has 1 aromatic carbocycles. The third-order valence-electron chi connectivity index (χ3n) is 5.23. The molecule has 1 aliphatic rings. The number of rotatable bonds is 6. The molecule has 0 atom stereocenters. The van der Waals surface area contributed by atoms with Crippen LogP contribution in [-0.2, 0) is 10.0 Å². The summed E-state index contributed by atoms with van der Waals surface area (Å²) in [6.45, 7) is 5.80. The van der Waals surface area contributed by atoms with Gasteiger partial charge in [-0.25, -0.2) is 13.1 Å². The molecule has 28 heavy (non-hydrogen) atoms. The van der Waals surface area contributed by atoms with Crippen LogP contribution in [0.2, 0.25) is 0 Å². The van der Waals surface area contributed by atoms with Gasteiger partial charge < -0.3 is 4.90 Å². The molecule has 0 aliphatic carbocycles. The highest BCUT2D eigenvalue weighted by atomic mass is 32.2. The zero-order valence-electron chi connectivity index (χ0n) is 16.3. The summed E-state index contributed by atoms with van der Waals surface area (Å²) in [5, 5.41) is 0. The van der Waals surface area contributed by atoms with Gasteiger partial charge >= 0.3 is 0 Å². The molecule has 0 radical (unpaired) electrons. The van der Waals surface area contributed by atoms with E-state index in [2.05, 4.69) is 23.6 Å². The van der Waals surface area contributed by atoms with Crippen LogP contribution < -0.4 is 4.72 Å². The second-order valence-electron chi connectivity index (χ2n) is 7.55. The fourth-order valence-corrected chi connectivity index (χ4v) is 4.47. The Morgan fingerprint density at radius 3 is 2.43 bits per heavy atom. The molecule has 1 saturated heterocycles. The molecule has 1 amide bonds. The van der Waals surface area contributed by atoms with Crippen LogP contribution in [0.1, 0.15) is 48.5 Å². The van der Waals surface area contributed by atoms with Crippen LogP contribution in [0.15, 0.2) is 53.7 Å². The van der Waals surface area contributed by atoms with Gasteiger partial charge in [0.15, 0.2) is 0 Å². The molecule has 2 aromatic rings. The van der Waals surface area contributed by atoms with Gasteiger partial charge in [0.05, 0.1) is 10.5 Å². The number of piperidine rings is 1. The summed E-state index contributed by atoms with van der Waals surface area (Å²) in [4.78, 5) is 18.6. The number of nitrogens with one attached hydrogen (secondary N) is 1. The predicted octanol–water partition coefficient (Wildman–Crippen LogP) is 3.04. The van der Waals surface area contributed by atoms with E-state index in [1.807, 2.05) is 17.0 Å². The number of benzene rings is 1. The van der Waals surface area contributed by atoms with Crippen LogP contribution in [0, 0.1) is 5.92 Å². The van der Waals surface area contributed by atoms with E-state index in [9.17, 15) is 13.2 Å². The molecule has 1 aliphatic heterocycles. The number of amides is 1. The average Bonchev–Trinajstić information content (AvgIpc) is 2.73. The van der Waals surface area contributed by atoms with Crippen molar-refractivity contribution in [3.05, 3.63) is 59.9 Å². The van der Waals surface area contributed by atoms with Crippen LogP contribution in [0.3, 0.4) is 0 Å². The van der Waals surface area contributed by atoms with Gasteiger partial charge in [-0.05, 0) is 54.5 Å². The highest BCUT2D eigenvalue weighted by Gasteiger charge is 2.25. The first kappa shape index (κ1) is 20.5. The molecule has 0 spiro atoms. The minimum atomic E-state index is -3.51. The van der Waals surface area contributed by atoms with Crippen molar-refractivity contribution in [1.82, 2.24) is 14.6 Å². The highest BCUT2D eigenvalue weighted by Crippen LogP contribution is 2.20. The molecule has 1 N–H and O–H groups in total. The molecule has 0 unspecified atom stereocenters. The zero-order valence-corrected chi connectivity index (χ0v) is 17.2. The maximum Gasteiger partial charge on any atom is 0.255 e. The molecular formula is C21H27N3O3S. The number of sulfonamides is 1. The lowest BCUT2D eigenvalue weighted by Gasteiger charge is -2.32. The normalized spacial score (nSPS) is 15.8. The van der Waals surface area contributed by atoms with Crippen molar-refractivity contribution in [2.24, 2.45) is 5.92 Å². The summed E-state index contributed by atoms with van der Waals surface area (Å²) in [6, 6.07) is 10.6. The number of pyridine rings is 1. The Labute approximate surface area is 167 Å². The number of hydrogen-bond acceptors (Lipinski definition) is 4. The highest BCUT2D eigenvalue weighted by molar-refractivity contribution is 7.89. The summed E-state index contributed by atoms with van der Waals surface area (Å²) < 4.78 is 27.8. The average molecular weight is 402 g/mol. The Hall–Kier alpha value is -2.25. The van der Waals surface area contributed by atoms with Crippen LogP contribution >= 0.6 is 0 Å². The number of nitrogens with zero attached hydrogens (tertiary/aromatic N) is 2. The molecule has 0 saturated carbocycles. The fourth-order valence-electron chi connectivity index (χ4n) is 3.35. The van der Waals surface area contributed by atoms with E-state index in [1.54, 1.807) is 36.7 Å². The van der Waals surface area contributed by atoms with Gasteiger partial charge in [-0.1, -0.05) is 26.0 Å². The Balaban J connectivity index is 1.51. The van der Waals surface area contributed by atoms with Crippen molar-refractivity contribution < 1.29 is 13.2 Å². The fraction of sp³-hybridized carbons (Fsp3) is 0.429. The first-order chi connectivity index (χ1) is 13.4. The van der Waals surface area contributed by atoms with Gasteiger partial charge in [-0.3, -0.25) is 9.78 Å². The van der Waals surface area contributed by atoms with Gasteiger partial charge in [-0.2, -0.15) is 0 Å². The third-order valence-corrected chi connectivity index (χ3v) is 6.67. The molecule has 150 valence electrons. The van der Waals surface area contributed by atoms with E-state index in [0.29, 0.717) is 36.0 Å². The van der Waals surface area contributed by atoms with Crippen LogP contribution in [0.25, 0.3) is 0 Å². The van der Waals surface area contributed by atoms with Gasteiger partial charge in [0.1, 0.15) is 0 Å². The standard InChI is InChI=1S/C21H27N3O3S/c1-16(2)18-5-7-20(8-6-18)28(26,27)23-14-17-9-12-24(13-10-17)21(25)19-4-3-11-22-15-19/h3-8,11,15-17,23H,9-10,12-14H2,1-2H3. The lowest BCUT2D eigenvalue weighted by molar-refractivity contribution is 0.0691. The Morgan fingerprint density at radius 2 is 1.86 bits per heavy atom. The molecule has 7 heteroatoms. The summed E-state index contributed by atoms with van der Waals surface area (Å²) in [6.07, 6.45) is 4.78. The molecule has 0 bridgehead atoms. The summed E-state index contributed by atoms with van der Waals surface area (Å²) in [7, 11) is -3.51. The Morgan fingerprint density at radius 1 is 1.18 bits per heavy atom. The van der Waals surface area contributed by atoms with Gasteiger partial charge in [0.25, 0.3) is 5.91 Å². The van der Waals surface area contributed by atoms with E-state index in [4.69, 9.17) is 0 Å². The van der Waals surface area contributed by atoms with Crippen molar-refractivity contribution >= 4 is 15.9 Å². The van der Waals surface area contributed by atoms with Crippen LogP contribution in [-0.4, -0.2) is 43.8 Å². The van der Waals surface area contributed by atoms with E-state index in [1.165, 1.54) is 0 Å². The number of aromatic nitrogens is 1. The summed E-state index contributed by atoms with van der Waals surface area (Å²) >= 11 is 0. The van der Waals surface area contributed by atoms with E-state index in [-0.39, 0.29) is 11.8 Å². The quantitative estimate of drug-likeness (QED) is 0.807. The number of carbonyl (C=O) groups is 1. The molecule has 1 fully saturated rings. The number of likely N-dealkylation sites (tertiary alicyclic amines) is 1. The maximum absolute atomic E-state index is 12.5. The van der Waals surface area contributed by atoms with Crippen molar-refractivity contribution in [1.29, 1.82) is 0 Å². The number of carbonyl (C=O) groups excluding carboxylic acids is 1. The Bertz CT molecular complexity index is 888. The van der Waals surface area contributed by atoms with E-state index >= 15 is 0 Å². The molecular weight excluding hydrogens is 374 g/mol. The smallest absolute Gasteiger partial charge is 0.255 e.